The molecule has 0 aromatic heterocycles. The van der Waals surface area contributed by atoms with Gasteiger partial charge in [0.05, 0.1) is 12.1 Å². The summed E-state index contributed by atoms with van der Waals surface area (Å²) in [5.74, 6) is -10.6. The summed E-state index contributed by atoms with van der Waals surface area (Å²) in [7, 11) is 0. The van der Waals surface area contributed by atoms with Crippen LogP contribution in [0.2, 0.25) is 0 Å². The lowest BCUT2D eigenvalue weighted by molar-refractivity contribution is 0.00377. The summed E-state index contributed by atoms with van der Waals surface area (Å²) >= 11 is 0. The molecule has 0 saturated heterocycles. The number of carbonyl (C=O) groups excluding carboxylic acids is 2. The van der Waals surface area contributed by atoms with Gasteiger partial charge in [-0.05, 0) is 41.5 Å². The summed E-state index contributed by atoms with van der Waals surface area (Å²) in [6.07, 6.45) is -0.799. The van der Waals surface area contributed by atoms with Crippen LogP contribution in [0.4, 0.5) is 31.5 Å². The van der Waals surface area contributed by atoms with Crippen molar-refractivity contribution in [3.63, 3.8) is 0 Å². The molecule has 0 unspecified atom stereocenters. The fraction of sp³-hybridized carbons (Fsp3) is 0.474. The Kier molecular flexibility index (Phi) is 7.39. The van der Waals surface area contributed by atoms with E-state index in [0.29, 0.717) is 11.0 Å². The van der Waals surface area contributed by atoms with Crippen molar-refractivity contribution in [1.29, 1.82) is 0 Å². The maximum Gasteiger partial charge on any atom is 0.420 e. The number of ether oxygens (including phenoxy) is 2. The molecule has 5 nitrogen and oxygen atoms in total. The Bertz CT molecular complexity index is 768. The first-order valence-corrected chi connectivity index (χ1v) is 8.46. The fourth-order valence-electron chi connectivity index (χ4n) is 1.90. The zero-order valence-electron chi connectivity index (χ0n) is 16.8. The summed E-state index contributed by atoms with van der Waals surface area (Å²) in [4.78, 5) is 25.0. The standard InChI is InChI=1S/C19H22F5NO4/c1-18(2,3)28-16(26)25(17(27)29-19(4,5)6)9-7-8-10-11(20)13(22)15(24)14(23)12(10)21/h7-8H,9H2,1-6H3/b8-7+. The molecule has 0 radical (unpaired) electrons. The lowest BCUT2D eigenvalue weighted by Crippen LogP contribution is -2.43. The summed E-state index contributed by atoms with van der Waals surface area (Å²) in [6.45, 7) is 8.66. The molecule has 1 aromatic rings. The zero-order chi connectivity index (χ0) is 22.7. The minimum Gasteiger partial charge on any atom is -0.443 e. The molecule has 1 rings (SSSR count). The summed E-state index contributed by atoms with van der Waals surface area (Å²) in [6, 6.07) is 0. The molecular formula is C19H22F5NO4. The lowest BCUT2D eigenvalue weighted by atomic mass is 10.1. The number of halogens is 5. The molecule has 10 heteroatoms. The van der Waals surface area contributed by atoms with Crippen molar-refractivity contribution in [3.8, 4) is 0 Å². The smallest absolute Gasteiger partial charge is 0.420 e. The van der Waals surface area contributed by atoms with Crippen LogP contribution >= 0.6 is 0 Å². The number of nitrogens with zero attached hydrogens (tertiary/aromatic N) is 1. The second-order valence-electron chi connectivity index (χ2n) is 7.96. The van der Waals surface area contributed by atoms with Gasteiger partial charge in [0, 0.05) is 0 Å². The number of hydrogen-bond acceptors (Lipinski definition) is 4. The third-order valence-corrected chi connectivity index (χ3v) is 3.04. The number of carbonyl (C=O) groups is 2. The largest absolute Gasteiger partial charge is 0.443 e. The van der Waals surface area contributed by atoms with Crippen LogP contribution in [-0.4, -0.2) is 34.8 Å². The van der Waals surface area contributed by atoms with Gasteiger partial charge >= 0.3 is 12.2 Å². The highest BCUT2D eigenvalue weighted by Gasteiger charge is 2.30. The number of imide groups is 1. The van der Waals surface area contributed by atoms with E-state index < -0.39 is 64.6 Å². The Morgan fingerprint density at radius 2 is 1.10 bits per heavy atom. The number of hydrogen-bond donors (Lipinski definition) is 0. The van der Waals surface area contributed by atoms with E-state index in [1.165, 1.54) is 0 Å². The highest BCUT2D eigenvalue weighted by molar-refractivity contribution is 5.88. The van der Waals surface area contributed by atoms with E-state index in [4.69, 9.17) is 9.47 Å². The van der Waals surface area contributed by atoms with E-state index in [-0.39, 0.29) is 0 Å². The Labute approximate surface area is 165 Å². The fourth-order valence-corrected chi connectivity index (χ4v) is 1.90. The van der Waals surface area contributed by atoms with Gasteiger partial charge in [0.2, 0.25) is 5.82 Å². The Hall–Kier alpha value is -2.65. The van der Waals surface area contributed by atoms with Gasteiger partial charge in [0.25, 0.3) is 0 Å². The van der Waals surface area contributed by atoms with Gasteiger partial charge in [0.15, 0.2) is 23.3 Å². The van der Waals surface area contributed by atoms with E-state index in [1.807, 2.05) is 0 Å². The quantitative estimate of drug-likeness (QED) is 0.363. The molecular weight excluding hydrogens is 401 g/mol. The minimum absolute atomic E-state index is 0.485. The van der Waals surface area contributed by atoms with Crippen LogP contribution in [0.25, 0.3) is 6.08 Å². The van der Waals surface area contributed by atoms with Crippen LogP contribution in [0, 0.1) is 29.1 Å². The average Bonchev–Trinajstić information content (AvgIpc) is 2.54. The van der Waals surface area contributed by atoms with Gasteiger partial charge in [-0.3, -0.25) is 0 Å². The van der Waals surface area contributed by atoms with Crippen molar-refractivity contribution in [2.75, 3.05) is 6.54 Å². The highest BCUT2D eigenvalue weighted by atomic mass is 19.2. The third kappa shape index (κ3) is 6.72. The maximum atomic E-state index is 13.7. The van der Waals surface area contributed by atoms with Gasteiger partial charge in [-0.15, -0.1) is 0 Å². The predicted octanol–water partition coefficient (Wildman–Crippen LogP) is 5.57. The van der Waals surface area contributed by atoms with E-state index in [9.17, 15) is 31.5 Å². The van der Waals surface area contributed by atoms with Crippen LogP contribution in [0.5, 0.6) is 0 Å². The normalized spacial score (nSPS) is 12.2. The van der Waals surface area contributed by atoms with Crippen LogP contribution in [0.1, 0.15) is 47.1 Å². The van der Waals surface area contributed by atoms with Crippen LogP contribution in [-0.2, 0) is 9.47 Å². The third-order valence-electron chi connectivity index (χ3n) is 3.04. The van der Waals surface area contributed by atoms with Gasteiger partial charge < -0.3 is 9.47 Å². The zero-order valence-corrected chi connectivity index (χ0v) is 16.8. The molecule has 2 amide bonds. The van der Waals surface area contributed by atoms with Crippen molar-refractivity contribution in [2.45, 2.75) is 52.7 Å². The highest BCUT2D eigenvalue weighted by Crippen LogP contribution is 2.24. The molecule has 1 aromatic carbocycles. The topological polar surface area (TPSA) is 55.8 Å². The van der Waals surface area contributed by atoms with Crippen molar-refractivity contribution < 1.29 is 41.0 Å². The van der Waals surface area contributed by atoms with E-state index in [2.05, 4.69) is 0 Å². The number of benzene rings is 1. The Balaban J connectivity index is 3.18. The average molecular weight is 423 g/mol. The number of rotatable bonds is 3. The summed E-state index contributed by atoms with van der Waals surface area (Å²) in [5, 5.41) is 0. The first-order chi connectivity index (χ1) is 13.0. The molecule has 162 valence electrons. The van der Waals surface area contributed by atoms with Crippen molar-refractivity contribution in [2.24, 2.45) is 0 Å². The van der Waals surface area contributed by atoms with Crippen LogP contribution in [0.3, 0.4) is 0 Å². The van der Waals surface area contributed by atoms with Gasteiger partial charge in [-0.2, -0.15) is 0 Å². The summed E-state index contributed by atoms with van der Waals surface area (Å²) < 4.78 is 77.2. The Morgan fingerprint density at radius 3 is 1.45 bits per heavy atom. The molecule has 0 bridgehead atoms. The van der Waals surface area contributed by atoms with Crippen molar-refractivity contribution in [3.05, 3.63) is 40.7 Å². The molecule has 0 spiro atoms. The Morgan fingerprint density at radius 1 is 0.759 bits per heavy atom. The molecule has 0 atom stereocenters. The predicted molar refractivity (Wildman–Crippen MR) is 94.4 cm³/mol. The molecule has 0 aliphatic rings. The molecule has 0 fully saturated rings. The second kappa shape index (κ2) is 8.79. The first kappa shape index (κ1) is 24.4. The number of amides is 2. The molecule has 29 heavy (non-hydrogen) atoms. The molecule has 0 saturated carbocycles. The monoisotopic (exact) mass is 423 g/mol. The van der Waals surface area contributed by atoms with Gasteiger partial charge in [0.1, 0.15) is 11.2 Å². The van der Waals surface area contributed by atoms with Gasteiger partial charge in [-0.1, -0.05) is 12.2 Å². The second-order valence-corrected chi connectivity index (χ2v) is 7.96. The van der Waals surface area contributed by atoms with E-state index in [0.717, 1.165) is 6.08 Å². The van der Waals surface area contributed by atoms with Gasteiger partial charge in [-0.25, -0.2) is 36.4 Å². The van der Waals surface area contributed by atoms with Crippen molar-refractivity contribution >= 4 is 18.3 Å². The summed E-state index contributed by atoms with van der Waals surface area (Å²) in [5.41, 5.74) is -3.15. The van der Waals surface area contributed by atoms with E-state index >= 15 is 0 Å². The minimum atomic E-state index is -2.29. The lowest BCUT2D eigenvalue weighted by Gasteiger charge is -2.28. The first-order valence-electron chi connectivity index (χ1n) is 8.46. The van der Waals surface area contributed by atoms with Crippen molar-refractivity contribution in [1.82, 2.24) is 4.90 Å². The van der Waals surface area contributed by atoms with E-state index in [1.54, 1.807) is 41.5 Å². The molecule has 0 aliphatic heterocycles. The maximum absolute atomic E-state index is 13.7. The van der Waals surface area contributed by atoms with Crippen LogP contribution < -0.4 is 0 Å². The molecule has 0 N–H and O–H groups in total. The van der Waals surface area contributed by atoms with Crippen LogP contribution in [0.15, 0.2) is 6.08 Å². The molecule has 0 heterocycles. The molecule has 0 aliphatic carbocycles. The SMILES string of the molecule is CC(C)(C)OC(=O)N(C/C=C/c1c(F)c(F)c(F)c(F)c1F)C(=O)OC(C)(C)C.